The van der Waals surface area contributed by atoms with Crippen LogP contribution in [0, 0.1) is 0 Å². The molecule has 9 rings (SSSR count). The minimum Gasteiger partial charge on any atom is -0.505 e. The summed E-state index contributed by atoms with van der Waals surface area (Å²) in [6, 6.07) is 14.5. The maximum absolute atomic E-state index is 13.1. The highest BCUT2D eigenvalue weighted by atomic mass is 32.2. The standard InChI is InChI=1S/C53H42N16O26S4/c70-5-3-54-48-60-50(64-52(62-48)58-33-18-29(98(86,87)88)13-20-15-35(96-94-92-84)39(41(72)37(20)33)68-66-27-9-22(43(74)75)7-23(10-27)44(76)77)56-26-1-2-32(31(17-26)47(82)83)57-51-61-49(55-4-6-71)63-53(65-51)59-34-19-30(99(89,90)91)14-21-16-36(97-95-93-85)40(42(73)38(21)34)69-67-28-11-24(45(78)79)8-25(12-28)46(80)81/h1-2,7-19,70-73,84-85H,3-6H2,(H,74,75)(H,76,77)(H,78,79)(H,80,81)(H,82,83)(H,86,87,88)(H,89,90,91)(H3,54,56,58,60,62,64)(H3,55,57,59,61,63,65). The van der Waals surface area contributed by atoms with Crippen LogP contribution in [0.3, 0.4) is 0 Å². The second-order valence-corrected chi connectivity index (χ2v) is 23.6. The molecule has 0 unspecified atom stereocenters. The van der Waals surface area contributed by atoms with Crippen LogP contribution in [0.2, 0.25) is 0 Å². The van der Waals surface area contributed by atoms with Crippen LogP contribution < -0.4 is 31.9 Å². The van der Waals surface area contributed by atoms with Crippen molar-refractivity contribution in [3.63, 3.8) is 0 Å². The first-order valence-electron chi connectivity index (χ1n) is 26.7. The first-order chi connectivity index (χ1) is 47.0. The SMILES string of the molecule is O=C(O)c1cc(N=Nc2c(SOOO)cc3cc(S(=O)(=O)O)cc(Nc4nc(NCCO)nc(Nc5ccc(Nc6nc(NCCO)nc(Nc7cc(S(=O)(=O)O)cc8cc(SOOO)c(N=Nc9cc(C(=O)O)cc(C(=O)O)c9)c(O)c78)n6)c(C(=O)O)c5)n4)c3c2O)cc(C(=O)O)c1. The summed E-state index contributed by atoms with van der Waals surface area (Å²) in [6.07, 6.45) is 0. The largest absolute Gasteiger partial charge is 0.505 e. The lowest BCUT2D eigenvalue weighted by atomic mass is 10.1. The molecule has 0 amide bonds. The molecule has 0 aliphatic rings. The molecule has 46 heteroatoms. The molecule has 0 radical (unpaired) electrons. The number of aromatic nitrogens is 6. The molecule has 0 bridgehead atoms. The van der Waals surface area contributed by atoms with Gasteiger partial charge in [0, 0.05) is 29.5 Å². The number of hydrogen-bond acceptors (Lipinski definition) is 37. The van der Waals surface area contributed by atoms with Gasteiger partial charge in [-0.25, -0.2) is 34.5 Å². The van der Waals surface area contributed by atoms with Crippen LogP contribution in [0.5, 0.6) is 11.5 Å². The van der Waals surface area contributed by atoms with Crippen molar-refractivity contribution in [2.75, 3.05) is 58.2 Å². The summed E-state index contributed by atoms with van der Waals surface area (Å²) in [4.78, 5) is 83.7. The molecular weight excluding hydrogens is 1400 g/mol. The molecule has 0 saturated heterocycles. The van der Waals surface area contributed by atoms with Crippen molar-refractivity contribution in [2.24, 2.45) is 20.5 Å². The van der Waals surface area contributed by atoms with E-state index in [1.807, 2.05) is 0 Å². The number of nitrogens with one attached hydrogen (secondary N) is 6. The van der Waals surface area contributed by atoms with Crippen LogP contribution in [0.25, 0.3) is 21.5 Å². The molecule has 0 aliphatic carbocycles. The third kappa shape index (κ3) is 17.5. The lowest BCUT2D eigenvalue weighted by Crippen LogP contribution is -2.13. The molecule has 0 fully saturated rings. The Morgan fingerprint density at radius 2 is 0.808 bits per heavy atom. The van der Waals surface area contributed by atoms with E-state index >= 15 is 0 Å². The van der Waals surface area contributed by atoms with Gasteiger partial charge in [0.2, 0.25) is 35.7 Å². The number of aromatic carboxylic acids is 5. The molecular formula is C53H42N16O26S4. The number of carboxylic acid groups (broad SMARTS) is 5. The minimum absolute atomic E-state index is 0.0819. The molecule has 0 saturated carbocycles. The molecule has 0 spiro atoms. The lowest BCUT2D eigenvalue weighted by molar-refractivity contribution is -0.432. The number of carboxylic acids is 5. The van der Waals surface area contributed by atoms with Gasteiger partial charge in [0.25, 0.3) is 20.2 Å². The first-order valence-corrected chi connectivity index (χ1v) is 31.1. The number of aliphatic hydroxyl groups excluding tert-OH is 2. The molecule has 0 aliphatic heterocycles. The third-order valence-electron chi connectivity index (χ3n) is 12.8. The number of fused-ring (bicyclic) bond motifs is 2. The van der Waals surface area contributed by atoms with Gasteiger partial charge < -0.3 is 77.9 Å². The van der Waals surface area contributed by atoms with E-state index in [4.69, 9.17) is 10.5 Å². The quantitative estimate of drug-likeness (QED) is 0.00639. The average molecular weight is 1450 g/mol. The van der Waals surface area contributed by atoms with Crippen LogP contribution in [0.1, 0.15) is 51.8 Å². The predicted octanol–water partition coefficient (Wildman–Crippen LogP) is 8.23. The Labute approximate surface area is 558 Å². The number of phenols is 2. The molecule has 0 atom stereocenters. The minimum atomic E-state index is -5.12. The number of aromatic hydroxyl groups is 2. The Bertz CT molecular complexity index is 5000. The van der Waals surface area contributed by atoms with Crippen molar-refractivity contribution >= 4 is 177 Å². The molecule has 2 heterocycles. The van der Waals surface area contributed by atoms with E-state index in [-0.39, 0.29) is 103 Å². The van der Waals surface area contributed by atoms with E-state index in [2.05, 4.69) is 101 Å². The molecule has 2 aromatic heterocycles. The van der Waals surface area contributed by atoms with Crippen LogP contribution >= 0.6 is 24.1 Å². The van der Waals surface area contributed by atoms with Gasteiger partial charge >= 0.3 is 29.8 Å². The van der Waals surface area contributed by atoms with Gasteiger partial charge in [-0.3, -0.25) is 9.11 Å². The highest BCUT2D eigenvalue weighted by molar-refractivity contribution is 7.95. The smallest absolute Gasteiger partial charge is 0.337 e. The van der Waals surface area contributed by atoms with Crippen LogP contribution in [0.15, 0.2) is 131 Å². The molecule has 7 aromatic carbocycles. The Morgan fingerprint density at radius 3 is 1.15 bits per heavy atom. The molecule has 19 N–H and O–H groups in total. The number of phenolic OH excluding ortho intramolecular Hbond substituents is 2. The highest BCUT2D eigenvalue weighted by Crippen LogP contribution is 2.50. The summed E-state index contributed by atoms with van der Waals surface area (Å²) in [6.45, 7) is -1.42. The van der Waals surface area contributed by atoms with E-state index in [1.54, 1.807) is 0 Å². The Kier molecular flexibility index (Phi) is 22.1. The zero-order valence-electron chi connectivity index (χ0n) is 48.7. The monoisotopic (exact) mass is 1450 g/mol. The van der Waals surface area contributed by atoms with Crippen molar-refractivity contribution in [1.29, 1.82) is 0 Å². The average Bonchev–Trinajstić information content (AvgIpc) is 0.760. The third-order valence-corrected chi connectivity index (χ3v) is 15.7. The van der Waals surface area contributed by atoms with Crippen molar-refractivity contribution in [1.82, 2.24) is 29.9 Å². The van der Waals surface area contributed by atoms with Crippen LogP contribution in [-0.2, 0) is 39.0 Å². The van der Waals surface area contributed by atoms with Crippen LogP contribution in [0.4, 0.5) is 81.2 Å². The molecule has 99 heavy (non-hydrogen) atoms. The van der Waals surface area contributed by atoms with Gasteiger partial charge in [0.15, 0.2) is 11.5 Å². The number of azo groups is 2. The van der Waals surface area contributed by atoms with E-state index in [1.165, 1.54) is 12.1 Å². The number of aliphatic hydroxyl groups is 2. The summed E-state index contributed by atoms with van der Waals surface area (Å²) in [5, 5.41) is 149. The van der Waals surface area contributed by atoms with E-state index in [0.29, 0.717) is 0 Å². The van der Waals surface area contributed by atoms with Gasteiger partial charge in [-0.2, -0.15) is 57.0 Å². The van der Waals surface area contributed by atoms with Gasteiger partial charge in [-0.05, 0) is 102 Å². The number of benzene rings is 7. The van der Waals surface area contributed by atoms with Gasteiger partial charge in [-0.15, -0.1) is 18.9 Å². The summed E-state index contributed by atoms with van der Waals surface area (Å²) in [5.74, 6) is -12.1. The Hall–Kier alpha value is -11.8. The second-order valence-electron chi connectivity index (χ2n) is 19.3. The number of carbonyl (C=O) groups is 5. The van der Waals surface area contributed by atoms with Crippen molar-refractivity contribution < 1.29 is 125 Å². The van der Waals surface area contributed by atoms with Gasteiger partial charge in [-0.1, -0.05) is 10.1 Å². The molecule has 42 nitrogen and oxygen atoms in total. The van der Waals surface area contributed by atoms with Crippen molar-refractivity contribution in [3.8, 4) is 11.5 Å². The maximum atomic E-state index is 13.1. The zero-order valence-corrected chi connectivity index (χ0v) is 52.0. The number of rotatable bonds is 31. The zero-order chi connectivity index (χ0) is 71.6. The van der Waals surface area contributed by atoms with Gasteiger partial charge in [0.1, 0.15) is 11.4 Å². The fourth-order valence-electron chi connectivity index (χ4n) is 8.75. The topological polar surface area (TPSA) is 653 Å². The Morgan fingerprint density at radius 1 is 0.444 bits per heavy atom. The number of hydrogen-bond donors (Lipinski definition) is 19. The summed E-state index contributed by atoms with van der Waals surface area (Å²) in [7, 11) is -10.2. The maximum Gasteiger partial charge on any atom is 0.337 e. The molecule has 9 aromatic rings. The van der Waals surface area contributed by atoms with E-state index in [0.717, 1.165) is 78.9 Å². The van der Waals surface area contributed by atoms with Gasteiger partial charge in [0.05, 0.1) is 113 Å². The van der Waals surface area contributed by atoms with E-state index < -0.39 is 159 Å². The summed E-state index contributed by atoms with van der Waals surface area (Å²) < 4.78 is 80.5. The fourth-order valence-corrected chi connectivity index (χ4v) is 10.8. The first kappa shape index (κ1) is 71.5. The van der Waals surface area contributed by atoms with E-state index in [9.17, 15) is 95.9 Å². The number of anilines is 10. The van der Waals surface area contributed by atoms with Crippen molar-refractivity contribution in [2.45, 2.75) is 19.6 Å². The normalized spacial score (nSPS) is 11.7. The van der Waals surface area contributed by atoms with Crippen molar-refractivity contribution in [3.05, 3.63) is 119 Å². The molecule has 514 valence electrons. The summed E-state index contributed by atoms with van der Waals surface area (Å²) in [5.41, 5.74) is -5.68. The lowest BCUT2D eigenvalue weighted by Gasteiger charge is -2.17. The predicted molar refractivity (Wildman–Crippen MR) is 339 cm³/mol. The highest BCUT2D eigenvalue weighted by Gasteiger charge is 2.27. The number of nitrogens with zero attached hydrogens (tertiary/aromatic N) is 10. The fraction of sp³-hybridized carbons (Fsp3) is 0.0755. The second kappa shape index (κ2) is 30.5. The Balaban J connectivity index is 1.09. The summed E-state index contributed by atoms with van der Waals surface area (Å²) >= 11 is 0.342. The van der Waals surface area contributed by atoms with Crippen LogP contribution in [-0.4, -0.2) is 168 Å².